The monoisotopic (exact) mass is 652 g/mol. The number of nitrogens with one attached hydrogen (secondary N) is 4. The zero-order valence-corrected chi connectivity index (χ0v) is 26.0. The fourth-order valence-corrected chi connectivity index (χ4v) is 5.58. The SMILES string of the molecule is C[C@@H](O)[C@H](NC(=O)C(Cc1c[nH]c2ccccc12)NC(=O)[C@@H]1C[C@@H](OCc2ccccc2)CN1C(=O)[C@@H](NC(=O)O)[C@@H](C)O)C(N)=O. The Kier molecular flexibility index (Phi) is 11.5. The molecule has 0 saturated carbocycles. The largest absolute Gasteiger partial charge is 0.465 e. The van der Waals surface area contributed by atoms with Crippen LogP contribution < -0.4 is 21.7 Å². The summed E-state index contributed by atoms with van der Waals surface area (Å²) < 4.78 is 6.03. The summed E-state index contributed by atoms with van der Waals surface area (Å²) in [6.07, 6.45) is -3.31. The van der Waals surface area contributed by atoms with Crippen molar-refractivity contribution in [3.05, 3.63) is 71.9 Å². The van der Waals surface area contributed by atoms with Gasteiger partial charge in [-0.1, -0.05) is 48.5 Å². The number of benzene rings is 2. The molecule has 2 heterocycles. The molecule has 47 heavy (non-hydrogen) atoms. The van der Waals surface area contributed by atoms with E-state index < -0.39 is 72.2 Å². The van der Waals surface area contributed by atoms with Gasteiger partial charge in [-0.05, 0) is 31.0 Å². The fraction of sp³-hybridized carbons (Fsp3) is 0.406. The number of nitrogens with zero attached hydrogens (tertiary/aromatic N) is 1. The van der Waals surface area contributed by atoms with Crippen LogP contribution in [0.25, 0.3) is 10.9 Å². The lowest BCUT2D eigenvalue weighted by Gasteiger charge is -2.30. The van der Waals surface area contributed by atoms with Crippen LogP contribution in [0, 0.1) is 0 Å². The number of aliphatic hydroxyl groups is 2. The Bertz CT molecular complexity index is 1580. The highest BCUT2D eigenvalue weighted by molar-refractivity contribution is 5.96. The smallest absolute Gasteiger partial charge is 0.405 e. The molecule has 1 unspecified atom stereocenters. The van der Waals surface area contributed by atoms with Gasteiger partial charge < -0.3 is 51.6 Å². The van der Waals surface area contributed by atoms with E-state index in [1.165, 1.54) is 13.8 Å². The molecule has 15 nitrogen and oxygen atoms in total. The first-order valence-corrected chi connectivity index (χ1v) is 15.1. The first-order chi connectivity index (χ1) is 22.3. The van der Waals surface area contributed by atoms with Crippen molar-refractivity contribution < 1.29 is 44.0 Å². The van der Waals surface area contributed by atoms with Crippen LogP contribution in [-0.2, 0) is 36.9 Å². The number of likely N-dealkylation sites (tertiary alicyclic amines) is 1. The lowest BCUT2D eigenvalue weighted by Crippen LogP contribution is -2.60. The zero-order valence-electron chi connectivity index (χ0n) is 26.0. The van der Waals surface area contributed by atoms with E-state index in [2.05, 4.69) is 15.6 Å². The molecule has 1 saturated heterocycles. The number of rotatable bonds is 14. The number of carboxylic acid groups (broad SMARTS) is 1. The topological polar surface area (TPSA) is 236 Å². The third kappa shape index (κ3) is 8.84. The number of aliphatic hydroxyl groups excluding tert-OH is 2. The third-order valence-electron chi connectivity index (χ3n) is 8.02. The van der Waals surface area contributed by atoms with E-state index in [4.69, 9.17) is 10.5 Å². The van der Waals surface area contributed by atoms with Gasteiger partial charge in [0.1, 0.15) is 24.2 Å². The average Bonchev–Trinajstić information content (AvgIpc) is 3.65. The van der Waals surface area contributed by atoms with Crippen LogP contribution in [0.15, 0.2) is 60.8 Å². The van der Waals surface area contributed by atoms with Crippen LogP contribution in [0.5, 0.6) is 0 Å². The van der Waals surface area contributed by atoms with Crippen molar-refractivity contribution in [2.45, 2.75) is 75.8 Å². The zero-order chi connectivity index (χ0) is 34.2. The van der Waals surface area contributed by atoms with Crippen molar-refractivity contribution in [1.29, 1.82) is 0 Å². The van der Waals surface area contributed by atoms with Crippen LogP contribution in [0.2, 0.25) is 0 Å². The highest BCUT2D eigenvalue weighted by atomic mass is 16.5. The van der Waals surface area contributed by atoms with Gasteiger partial charge in [-0.2, -0.15) is 0 Å². The number of nitrogens with two attached hydrogens (primary N) is 1. The van der Waals surface area contributed by atoms with Gasteiger partial charge in [0.05, 0.1) is 24.9 Å². The molecule has 1 aliphatic rings. The third-order valence-corrected chi connectivity index (χ3v) is 8.02. The number of hydrogen-bond donors (Lipinski definition) is 8. The van der Waals surface area contributed by atoms with Gasteiger partial charge in [0, 0.05) is 36.5 Å². The van der Waals surface area contributed by atoms with Gasteiger partial charge in [-0.25, -0.2) is 4.79 Å². The first kappa shape index (κ1) is 34.9. The number of aromatic nitrogens is 1. The Morgan fingerprint density at radius 2 is 1.62 bits per heavy atom. The van der Waals surface area contributed by atoms with Crippen molar-refractivity contribution in [3.8, 4) is 0 Å². The van der Waals surface area contributed by atoms with Crippen LogP contribution in [0.3, 0.4) is 0 Å². The normalized spacial score (nSPS) is 19.3. The summed E-state index contributed by atoms with van der Waals surface area (Å²) in [5.41, 5.74) is 7.69. The van der Waals surface area contributed by atoms with Crippen molar-refractivity contribution in [2.75, 3.05) is 6.54 Å². The molecule has 15 heteroatoms. The Hall–Kier alpha value is -4.99. The van der Waals surface area contributed by atoms with Gasteiger partial charge in [-0.3, -0.25) is 19.2 Å². The van der Waals surface area contributed by atoms with E-state index in [1.54, 1.807) is 6.20 Å². The molecule has 0 spiro atoms. The Morgan fingerprint density at radius 1 is 0.957 bits per heavy atom. The molecule has 2 aromatic carbocycles. The molecular weight excluding hydrogens is 612 g/mol. The molecule has 1 fully saturated rings. The number of hydrogen-bond acceptors (Lipinski definition) is 8. The number of H-pyrrole nitrogens is 1. The molecule has 5 amide bonds. The summed E-state index contributed by atoms with van der Waals surface area (Å²) in [5, 5.41) is 37.5. The van der Waals surface area contributed by atoms with E-state index >= 15 is 0 Å². The second-order valence-corrected chi connectivity index (χ2v) is 11.6. The number of ether oxygens (including phenoxy) is 1. The number of carbonyl (C=O) groups excluding carboxylic acids is 4. The molecule has 1 aliphatic heterocycles. The van der Waals surface area contributed by atoms with Crippen LogP contribution in [0.4, 0.5) is 4.79 Å². The van der Waals surface area contributed by atoms with Gasteiger partial charge in [0.25, 0.3) is 0 Å². The molecule has 0 radical (unpaired) electrons. The second kappa shape index (κ2) is 15.5. The summed E-state index contributed by atoms with van der Waals surface area (Å²) >= 11 is 0. The second-order valence-electron chi connectivity index (χ2n) is 11.6. The Labute approximate surface area is 270 Å². The first-order valence-electron chi connectivity index (χ1n) is 15.1. The maximum atomic E-state index is 14.0. The molecule has 0 bridgehead atoms. The van der Waals surface area contributed by atoms with Crippen molar-refractivity contribution in [2.24, 2.45) is 5.73 Å². The van der Waals surface area contributed by atoms with Gasteiger partial charge in [-0.15, -0.1) is 0 Å². The van der Waals surface area contributed by atoms with Crippen molar-refractivity contribution in [3.63, 3.8) is 0 Å². The number of aromatic amines is 1. The molecular formula is C32H40N6O9. The minimum atomic E-state index is -1.58. The summed E-state index contributed by atoms with van der Waals surface area (Å²) in [7, 11) is 0. The molecule has 4 rings (SSSR count). The molecule has 7 atom stereocenters. The Balaban J connectivity index is 1.62. The van der Waals surface area contributed by atoms with Crippen LogP contribution in [-0.4, -0.2) is 104 Å². The van der Waals surface area contributed by atoms with E-state index in [-0.39, 0.29) is 26.0 Å². The number of fused-ring (bicyclic) bond motifs is 1. The average molecular weight is 653 g/mol. The van der Waals surface area contributed by atoms with Crippen LogP contribution in [0.1, 0.15) is 31.4 Å². The minimum Gasteiger partial charge on any atom is -0.465 e. The minimum absolute atomic E-state index is 0.00299. The van der Waals surface area contributed by atoms with Crippen molar-refractivity contribution in [1.82, 2.24) is 25.8 Å². The number of para-hydroxylation sites is 1. The maximum Gasteiger partial charge on any atom is 0.405 e. The number of carbonyl (C=O) groups is 5. The molecule has 3 aromatic rings. The van der Waals surface area contributed by atoms with Crippen molar-refractivity contribution >= 4 is 40.6 Å². The number of amides is 5. The highest BCUT2D eigenvalue weighted by Crippen LogP contribution is 2.25. The fourth-order valence-electron chi connectivity index (χ4n) is 5.58. The molecule has 1 aromatic heterocycles. The van der Waals surface area contributed by atoms with E-state index in [0.29, 0.717) is 5.56 Å². The summed E-state index contributed by atoms with van der Waals surface area (Å²) in [4.78, 5) is 68.8. The highest BCUT2D eigenvalue weighted by Gasteiger charge is 2.44. The molecule has 0 aliphatic carbocycles. The number of primary amides is 1. The Morgan fingerprint density at radius 3 is 2.26 bits per heavy atom. The van der Waals surface area contributed by atoms with Gasteiger partial charge in [0.15, 0.2) is 0 Å². The summed E-state index contributed by atoms with van der Waals surface area (Å²) in [5.74, 6) is -3.40. The van der Waals surface area contributed by atoms with Crippen LogP contribution >= 0.6 is 0 Å². The van der Waals surface area contributed by atoms with Gasteiger partial charge in [0.2, 0.25) is 23.6 Å². The quantitative estimate of drug-likeness (QED) is 0.114. The van der Waals surface area contributed by atoms with Gasteiger partial charge >= 0.3 is 6.09 Å². The summed E-state index contributed by atoms with van der Waals surface area (Å²) in [6, 6.07) is 11.0. The predicted molar refractivity (Wildman–Crippen MR) is 169 cm³/mol. The molecule has 252 valence electrons. The molecule has 9 N–H and O–H groups in total. The van der Waals surface area contributed by atoms with E-state index in [0.717, 1.165) is 21.4 Å². The lowest BCUT2D eigenvalue weighted by atomic mass is 10.0. The standard InChI is InChI=1S/C32H40N6O9/c1-17(39)26(28(33)41)36-29(42)24(12-20-14-34-23-11-7-6-10-22(20)23)35-30(43)25-13-21(47-16-19-8-4-3-5-9-19)15-38(25)31(44)27(18(2)40)37-32(45)46/h3-11,14,17-18,21,24-27,34,37,39-40H,12-13,15-16H2,1-2H3,(H2,33,41)(H,35,43)(H,36,42)(H,45,46)/t17-,18-,21-,24?,25+,26+,27+/m1/s1. The lowest BCUT2D eigenvalue weighted by molar-refractivity contribution is -0.142. The van der Waals surface area contributed by atoms with E-state index in [1.807, 2.05) is 59.9 Å². The van der Waals surface area contributed by atoms with E-state index in [9.17, 15) is 39.3 Å². The predicted octanol–water partition coefficient (Wildman–Crippen LogP) is -0.251. The maximum absolute atomic E-state index is 14.0. The summed E-state index contributed by atoms with van der Waals surface area (Å²) in [6.45, 7) is 2.60.